The van der Waals surface area contributed by atoms with Crippen molar-refractivity contribution in [2.45, 2.75) is 13.8 Å². The van der Waals surface area contributed by atoms with E-state index in [0.717, 1.165) is 0 Å². The molecule has 4 rings (SSSR count). The van der Waals surface area contributed by atoms with Gasteiger partial charge in [-0.15, -0.1) is 0 Å². The normalized spacial score (nSPS) is 14.5. The van der Waals surface area contributed by atoms with Gasteiger partial charge in [0, 0.05) is 0 Å². The van der Waals surface area contributed by atoms with E-state index in [1.54, 1.807) is 38.1 Å². The van der Waals surface area contributed by atoms with E-state index < -0.39 is 11.9 Å². The van der Waals surface area contributed by atoms with Crippen LogP contribution in [0.4, 0.5) is 5.69 Å². The van der Waals surface area contributed by atoms with Crippen LogP contribution in [0.15, 0.2) is 59.2 Å². The second kappa shape index (κ2) is 8.42. The molecule has 0 bridgehead atoms. The van der Waals surface area contributed by atoms with Crippen LogP contribution >= 0.6 is 0 Å². The van der Waals surface area contributed by atoms with Crippen molar-refractivity contribution >= 4 is 35.8 Å². The lowest BCUT2D eigenvalue weighted by Crippen LogP contribution is -2.21. The number of carbonyl (C=O) groups excluding carboxylic acids is 2. The van der Waals surface area contributed by atoms with Gasteiger partial charge in [0.2, 0.25) is 5.88 Å². The van der Waals surface area contributed by atoms with Crippen molar-refractivity contribution in [2.24, 2.45) is 5.10 Å². The van der Waals surface area contributed by atoms with Crippen molar-refractivity contribution in [3.8, 4) is 17.3 Å². The largest absolute Gasteiger partial charge is 0.493 e. The first-order valence-corrected chi connectivity index (χ1v) is 9.74. The number of aromatic nitrogens is 2. The number of hydrazone groups is 1. The lowest BCUT2D eigenvalue weighted by molar-refractivity contribution is -0.120. The summed E-state index contributed by atoms with van der Waals surface area (Å²) in [5, 5.41) is 29.7. The summed E-state index contributed by atoms with van der Waals surface area (Å²) in [6, 6.07) is 12.1. The molecule has 0 saturated carbocycles. The number of aryl methyl sites for hydroxylation is 1. The predicted molar refractivity (Wildman–Crippen MR) is 119 cm³/mol. The molecule has 0 atom stereocenters. The van der Waals surface area contributed by atoms with E-state index in [9.17, 15) is 19.5 Å². The molecule has 2 N–H and O–H groups in total. The van der Waals surface area contributed by atoms with Crippen molar-refractivity contribution in [1.82, 2.24) is 9.78 Å². The van der Waals surface area contributed by atoms with Crippen molar-refractivity contribution in [1.29, 1.82) is 0 Å². The Bertz CT molecular complexity index is 1320. The maximum absolute atomic E-state index is 13.0. The maximum Gasteiger partial charge on any atom is 0.335 e. The lowest BCUT2D eigenvalue weighted by atomic mass is 10.1. The number of ether oxygens (including phenoxy) is 1. The minimum atomic E-state index is -1.06. The number of hydrogen-bond acceptors (Lipinski definition) is 7. The van der Waals surface area contributed by atoms with Gasteiger partial charge in [-0.25, -0.2) is 9.48 Å². The van der Waals surface area contributed by atoms with Gasteiger partial charge in [-0.1, -0.05) is 0 Å². The second-order valence-corrected chi connectivity index (χ2v) is 7.15. The summed E-state index contributed by atoms with van der Waals surface area (Å²) in [6.07, 6.45) is 1.52. The summed E-state index contributed by atoms with van der Waals surface area (Å²) < 4.78 is 6.02. The Kier molecular flexibility index (Phi) is 5.49. The number of anilines is 1. The number of rotatable bonds is 6. The molecule has 0 spiro atoms. The van der Waals surface area contributed by atoms with Crippen LogP contribution in [0.1, 0.15) is 28.5 Å². The smallest absolute Gasteiger partial charge is 0.335 e. The Morgan fingerprint density at radius 2 is 1.67 bits per heavy atom. The average Bonchev–Trinajstić information content (AvgIpc) is 3.25. The summed E-state index contributed by atoms with van der Waals surface area (Å²) in [4.78, 5) is 34.5. The fourth-order valence-electron chi connectivity index (χ4n) is 3.35. The van der Waals surface area contributed by atoms with Crippen LogP contribution in [-0.2, 0) is 9.59 Å². The third-order valence-electron chi connectivity index (χ3n) is 5.06. The summed E-state index contributed by atoms with van der Waals surface area (Å²) in [5.74, 6) is -1.31. The molecule has 0 fully saturated rings. The highest BCUT2D eigenvalue weighted by Crippen LogP contribution is 2.31. The van der Waals surface area contributed by atoms with Gasteiger partial charge >= 0.3 is 5.97 Å². The fourth-order valence-corrected chi connectivity index (χ4v) is 3.35. The molecule has 1 aromatic heterocycles. The zero-order valence-electron chi connectivity index (χ0n) is 17.6. The molecule has 10 heteroatoms. The van der Waals surface area contributed by atoms with Crippen LogP contribution < -0.4 is 9.75 Å². The van der Waals surface area contributed by atoms with Crippen LogP contribution in [-0.4, -0.2) is 44.1 Å². The van der Waals surface area contributed by atoms with Gasteiger partial charge in [-0.05, 0) is 68.5 Å². The first kappa shape index (κ1) is 21.5. The van der Waals surface area contributed by atoms with E-state index in [0.29, 0.717) is 40.6 Å². The molecular weight excluding hydrogens is 428 g/mol. The minimum Gasteiger partial charge on any atom is -0.493 e. The fraction of sp³-hybridized carbons (Fsp3) is 0.0870. The Hall–Kier alpha value is -4.73. The minimum absolute atomic E-state index is 0.110. The molecule has 1 amide bonds. The molecule has 0 radical (unpaired) electrons. The number of carboxylic acids is 1. The number of hydrogen-bond donors (Lipinski definition) is 2. The number of nitrogens with zero attached hydrogens (tertiary/aromatic N) is 4. The van der Waals surface area contributed by atoms with E-state index in [1.165, 1.54) is 40.0 Å². The van der Waals surface area contributed by atoms with E-state index >= 15 is 0 Å². The molecule has 0 unspecified atom stereocenters. The van der Waals surface area contributed by atoms with Crippen molar-refractivity contribution in [3.05, 3.63) is 70.9 Å². The third kappa shape index (κ3) is 3.97. The highest BCUT2D eigenvalue weighted by Gasteiger charge is 2.30. The Balaban J connectivity index is 1.65. The topological polar surface area (TPSA) is 134 Å². The van der Waals surface area contributed by atoms with Crippen molar-refractivity contribution < 1.29 is 29.3 Å². The molecule has 10 nitrogen and oxygen atoms in total. The van der Waals surface area contributed by atoms with E-state index in [1.807, 2.05) is 0 Å². The van der Waals surface area contributed by atoms with Crippen LogP contribution in [0.25, 0.3) is 11.8 Å². The summed E-state index contributed by atoms with van der Waals surface area (Å²) in [6.45, 7) is 3.67. The van der Waals surface area contributed by atoms with Gasteiger partial charge < -0.3 is 14.9 Å². The number of carbonyl (C=O) groups is 3. The SMILES string of the molecule is CC1=NN(c2ccc(OC=O)cc2)C(=O)C1=Cc1c(C)nn(-c2ccc(C(=O)O)cc2)c1O. The lowest BCUT2D eigenvalue weighted by Gasteiger charge is -2.11. The Morgan fingerprint density at radius 3 is 2.27 bits per heavy atom. The van der Waals surface area contributed by atoms with Gasteiger partial charge in [0.05, 0.1) is 39.5 Å². The monoisotopic (exact) mass is 446 g/mol. The highest BCUT2D eigenvalue weighted by molar-refractivity contribution is 6.32. The number of benzene rings is 2. The molecule has 2 aromatic carbocycles. The Morgan fingerprint density at radius 1 is 1.03 bits per heavy atom. The molecule has 166 valence electrons. The van der Waals surface area contributed by atoms with Crippen LogP contribution in [0.5, 0.6) is 11.6 Å². The third-order valence-corrected chi connectivity index (χ3v) is 5.06. The predicted octanol–water partition coefficient (Wildman–Crippen LogP) is 2.93. The van der Waals surface area contributed by atoms with Crippen molar-refractivity contribution in [3.63, 3.8) is 0 Å². The summed E-state index contributed by atoms with van der Waals surface area (Å²) >= 11 is 0. The summed E-state index contributed by atoms with van der Waals surface area (Å²) in [7, 11) is 0. The molecule has 1 aliphatic heterocycles. The second-order valence-electron chi connectivity index (χ2n) is 7.15. The first-order chi connectivity index (χ1) is 15.8. The van der Waals surface area contributed by atoms with Gasteiger partial charge in [0.25, 0.3) is 12.4 Å². The number of aromatic hydroxyl groups is 1. The first-order valence-electron chi connectivity index (χ1n) is 9.74. The van der Waals surface area contributed by atoms with Crippen LogP contribution in [0, 0.1) is 6.92 Å². The van der Waals surface area contributed by atoms with Gasteiger partial charge in [-0.3, -0.25) is 9.59 Å². The molecule has 0 saturated heterocycles. The zero-order valence-corrected chi connectivity index (χ0v) is 17.6. The molecule has 33 heavy (non-hydrogen) atoms. The van der Waals surface area contributed by atoms with Gasteiger partial charge in [0.1, 0.15) is 5.75 Å². The van der Waals surface area contributed by atoms with E-state index in [-0.39, 0.29) is 17.0 Å². The Labute approximate surface area is 187 Å². The molecule has 1 aliphatic rings. The quantitative estimate of drug-likeness (QED) is 0.439. The average molecular weight is 446 g/mol. The summed E-state index contributed by atoms with van der Waals surface area (Å²) in [5.41, 5.74) is 2.60. The van der Waals surface area contributed by atoms with Gasteiger partial charge in [-0.2, -0.15) is 15.2 Å². The molecule has 2 heterocycles. The number of carboxylic acid groups (broad SMARTS) is 1. The van der Waals surface area contributed by atoms with Gasteiger partial charge in [0.15, 0.2) is 0 Å². The molecular formula is C23H18N4O6. The highest BCUT2D eigenvalue weighted by atomic mass is 16.5. The van der Waals surface area contributed by atoms with E-state index in [4.69, 9.17) is 9.84 Å². The number of amides is 1. The van der Waals surface area contributed by atoms with Crippen LogP contribution in [0.2, 0.25) is 0 Å². The standard InChI is InChI=1S/C23H18N4O6/c1-13-19(21(29)26(24-13)16-5-3-15(4-6-16)23(31)32)11-20-14(2)25-27(22(20)30)17-7-9-18(10-8-17)33-12-28/h3-12,29H,1-2H3,(H,31,32). The van der Waals surface area contributed by atoms with E-state index in [2.05, 4.69) is 10.2 Å². The van der Waals surface area contributed by atoms with Crippen molar-refractivity contribution in [2.75, 3.05) is 5.01 Å². The zero-order chi connectivity index (χ0) is 23.7. The number of aromatic carboxylic acids is 1. The van der Waals surface area contributed by atoms with Crippen LogP contribution in [0.3, 0.4) is 0 Å². The maximum atomic E-state index is 13.0. The molecule has 0 aliphatic carbocycles. The molecule has 3 aromatic rings.